The van der Waals surface area contributed by atoms with Crippen LogP contribution in [-0.4, -0.2) is 8.52 Å². The Morgan fingerprint density at radius 2 is 0.483 bits per heavy atom. The van der Waals surface area contributed by atoms with Crippen LogP contribution in [0.4, 0.5) is 0 Å². The minimum atomic E-state index is 0. The van der Waals surface area contributed by atoms with E-state index >= 15 is 0 Å². The normalized spacial score (nSPS) is 18.5. The Balaban J connectivity index is 0.000000371. The summed E-state index contributed by atoms with van der Waals surface area (Å²) in [6.45, 7) is 27.2. The van der Waals surface area contributed by atoms with Crippen molar-refractivity contribution in [1.82, 2.24) is 0 Å². The summed E-state index contributed by atoms with van der Waals surface area (Å²) in [6, 6.07) is 34.3. The summed E-state index contributed by atoms with van der Waals surface area (Å²) >= 11 is 2.11. The molecule has 0 saturated carbocycles. The first kappa shape index (κ1) is 53.9. The second kappa shape index (κ2) is 23.8. The minimum absolute atomic E-state index is 0. The van der Waals surface area contributed by atoms with Crippen LogP contribution in [0.5, 0.6) is 0 Å². The second-order valence-corrected chi connectivity index (χ2v) is 19.0. The predicted octanol–water partition coefficient (Wildman–Crippen LogP) is 8.52. The quantitative estimate of drug-likeness (QED) is 0.123. The van der Waals surface area contributed by atoms with Crippen molar-refractivity contribution in [3.05, 3.63) is 166 Å². The summed E-state index contributed by atoms with van der Waals surface area (Å²) in [5.41, 5.74) is 12.2. The molecule has 0 saturated heterocycles. The largest absolute Gasteiger partial charge is 1.00 e. The van der Waals surface area contributed by atoms with Gasteiger partial charge >= 0.3 is 56.3 Å². The molecular weight excluding hydrogens is 1080 g/mol. The first-order valence-corrected chi connectivity index (χ1v) is 24.9. The fraction of sp³-hybridized carbons (Fsp3) is 0.370. The molecule has 0 radical (unpaired) electrons. The average Bonchev–Trinajstić information content (AvgIpc) is 3.97. The van der Waals surface area contributed by atoms with E-state index in [2.05, 4.69) is 237 Å². The first-order chi connectivity index (χ1) is 26.4. The molecule has 4 aromatic carbocycles. The van der Waals surface area contributed by atoms with E-state index in [1.807, 2.05) is 0 Å². The van der Waals surface area contributed by atoms with Crippen LogP contribution in [0.1, 0.15) is 151 Å². The van der Waals surface area contributed by atoms with Gasteiger partial charge in [-0.2, -0.15) is 22.3 Å². The Morgan fingerprint density at radius 3 is 0.638 bits per heavy atom. The molecule has 0 spiro atoms. The van der Waals surface area contributed by atoms with Gasteiger partial charge in [-0.15, -0.1) is 46.5 Å². The van der Waals surface area contributed by atoms with Crippen LogP contribution in [0.2, 0.25) is 0 Å². The van der Waals surface area contributed by atoms with E-state index < -0.39 is 0 Å². The maximum absolute atomic E-state index is 3.44. The predicted molar refractivity (Wildman–Crippen MR) is 240 cm³/mol. The molecule has 0 bridgehead atoms. The standard InChI is InChI=1S/4C13H15.2CH2.2ClH.2Hf/c4*1-13(2,3)12-9-8-10-6-4-5-7-11(10)12;;;;;;/h4*4-8,12H,1-3H3;2*1H2;2*1H;;/q4*-1;;;;;2*+2/p-2. The molecule has 4 aliphatic carbocycles. The third-order valence-corrected chi connectivity index (χ3v) is 10.3. The van der Waals surface area contributed by atoms with Crippen molar-refractivity contribution >= 4 is 32.8 Å². The Morgan fingerprint density at radius 1 is 0.328 bits per heavy atom. The zero-order valence-electron chi connectivity index (χ0n) is 37.0. The fourth-order valence-electron chi connectivity index (χ4n) is 7.54. The smallest absolute Gasteiger partial charge is 1.00 e. The van der Waals surface area contributed by atoms with Gasteiger partial charge in [-0.05, 0) is 21.7 Å². The van der Waals surface area contributed by atoms with E-state index in [1.54, 1.807) is 0 Å². The number of rotatable bonds is 0. The molecule has 4 atom stereocenters. The molecule has 4 heteroatoms. The summed E-state index contributed by atoms with van der Waals surface area (Å²) in [7, 11) is 0. The van der Waals surface area contributed by atoms with Gasteiger partial charge in [-0.3, -0.25) is 24.3 Å². The van der Waals surface area contributed by atoms with E-state index in [1.165, 1.54) is 44.5 Å². The van der Waals surface area contributed by atoms with E-state index in [0.29, 0.717) is 23.7 Å². The number of halogens is 2. The van der Waals surface area contributed by atoms with Crippen molar-refractivity contribution in [2.45, 2.75) is 107 Å². The zero-order chi connectivity index (χ0) is 41.9. The van der Waals surface area contributed by atoms with Gasteiger partial charge in [0, 0.05) is 0 Å². The average molecular weight is 1140 g/mol. The molecule has 304 valence electrons. The van der Waals surface area contributed by atoms with Crippen LogP contribution in [0.25, 0.3) is 24.3 Å². The molecule has 4 aromatic rings. The van der Waals surface area contributed by atoms with Crippen LogP contribution in [0.3, 0.4) is 0 Å². The van der Waals surface area contributed by atoms with Gasteiger partial charge in [0.15, 0.2) is 0 Å². The topological polar surface area (TPSA) is 0 Å². The van der Waals surface area contributed by atoms with Crippen molar-refractivity contribution in [3.63, 3.8) is 0 Å². The number of hydrogen-bond donors (Lipinski definition) is 0. The maximum Gasteiger partial charge on any atom is -1.00 e. The molecule has 0 N–H and O–H groups in total. The number of benzene rings is 4. The van der Waals surface area contributed by atoms with Gasteiger partial charge in [0.1, 0.15) is 0 Å². The van der Waals surface area contributed by atoms with Crippen molar-refractivity contribution in [2.24, 2.45) is 21.7 Å². The second-order valence-electron chi connectivity index (χ2n) is 19.0. The SMILES string of the molecule is CC(C)(C)C1[C-]=Cc2ccccc21.CC(C)(C)C1[C-]=Cc2ccccc21.CC(C)(C)C1[C-]=Cc2ccccc21.CC(C)(C)C1[C-]=Cc2ccccc21.[CH2]=[Hf+2].[CH2]=[Hf+2].[Cl-].[Cl-]. The monoisotopic (exact) mass is 1140 g/mol. The van der Waals surface area contributed by atoms with Crippen molar-refractivity contribution in [3.8, 4) is 0 Å². The molecule has 8 rings (SSSR count). The maximum atomic E-state index is 3.44. The Labute approximate surface area is 396 Å². The van der Waals surface area contributed by atoms with E-state index in [4.69, 9.17) is 0 Å². The summed E-state index contributed by atoms with van der Waals surface area (Å²) in [6.07, 6.45) is 22.2. The Hall–Kier alpha value is -2.10. The number of fused-ring (bicyclic) bond motifs is 4. The van der Waals surface area contributed by atoms with Gasteiger partial charge in [0.2, 0.25) is 0 Å². The van der Waals surface area contributed by atoms with Gasteiger partial charge < -0.3 is 24.8 Å². The summed E-state index contributed by atoms with van der Waals surface area (Å²) in [5.74, 6) is 1.85. The van der Waals surface area contributed by atoms with Crippen molar-refractivity contribution in [1.29, 1.82) is 0 Å². The number of allylic oxidation sites excluding steroid dienone is 4. The molecular formula is C54H64Cl2Hf2-2. The third kappa shape index (κ3) is 14.5. The summed E-state index contributed by atoms with van der Waals surface area (Å²) < 4.78 is 6.78. The number of hydrogen-bond acceptors (Lipinski definition) is 0. The molecule has 0 fully saturated rings. The van der Waals surface area contributed by atoms with Gasteiger partial charge in [0.05, 0.1) is 0 Å². The fourth-order valence-corrected chi connectivity index (χ4v) is 7.54. The van der Waals surface area contributed by atoms with E-state index in [-0.39, 0.29) is 46.5 Å². The minimum Gasteiger partial charge on any atom is -1.00 e. The molecule has 4 unspecified atom stereocenters. The summed E-state index contributed by atoms with van der Waals surface area (Å²) in [5, 5.41) is 0. The Kier molecular flexibility index (Phi) is 22.1. The van der Waals surface area contributed by atoms with Crippen LogP contribution in [-0.2, 0) is 47.8 Å². The zero-order valence-corrected chi connectivity index (χ0v) is 45.7. The van der Waals surface area contributed by atoms with Gasteiger partial charge in [-0.1, -0.05) is 180 Å². The van der Waals surface area contributed by atoms with Crippen LogP contribution < -0.4 is 24.8 Å². The first-order valence-electron chi connectivity index (χ1n) is 19.8. The van der Waals surface area contributed by atoms with Gasteiger partial charge in [0.25, 0.3) is 0 Å². The molecule has 0 heterocycles. The molecule has 0 amide bonds. The van der Waals surface area contributed by atoms with Crippen molar-refractivity contribution < 1.29 is 72.6 Å². The molecule has 0 aliphatic heterocycles. The molecule has 0 nitrogen and oxygen atoms in total. The van der Waals surface area contributed by atoms with Crippen LogP contribution >= 0.6 is 0 Å². The van der Waals surface area contributed by atoms with E-state index in [0.717, 1.165) is 47.8 Å². The van der Waals surface area contributed by atoms with Gasteiger partial charge in [-0.25, -0.2) is 24.3 Å². The van der Waals surface area contributed by atoms with E-state index in [9.17, 15) is 0 Å². The molecule has 0 aromatic heterocycles. The molecule has 4 aliphatic rings. The van der Waals surface area contributed by atoms with Crippen LogP contribution in [0.15, 0.2) is 97.1 Å². The van der Waals surface area contributed by atoms with Crippen molar-refractivity contribution in [2.75, 3.05) is 0 Å². The molecule has 58 heavy (non-hydrogen) atoms. The third-order valence-electron chi connectivity index (χ3n) is 10.3. The summed E-state index contributed by atoms with van der Waals surface area (Å²) in [4.78, 5) is 0. The van der Waals surface area contributed by atoms with Crippen LogP contribution in [0, 0.1) is 46.0 Å². The Bertz CT molecular complexity index is 1700.